The zero-order valence-electron chi connectivity index (χ0n) is 12.8. The number of sulfonamides is 1. The monoisotopic (exact) mass is 352 g/mol. The van der Waals surface area contributed by atoms with E-state index in [4.69, 9.17) is 11.6 Å². The lowest BCUT2D eigenvalue weighted by molar-refractivity contribution is -0.115. The summed E-state index contributed by atoms with van der Waals surface area (Å²) in [7, 11) is -3.78. The van der Waals surface area contributed by atoms with Gasteiger partial charge in [-0.05, 0) is 55.3 Å². The van der Waals surface area contributed by atoms with E-state index in [1.54, 1.807) is 12.1 Å². The maximum Gasteiger partial charge on any atom is 0.241 e. The highest BCUT2D eigenvalue weighted by atomic mass is 35.5. The van der Waals surface area contributed by atoms with Gasteiger partial charge in [-0.2, -0.15) is 0 Å². The maximum atomic E-state index is 12.1. The molecule has 0 aliphatic carbocycles. The van der Waals surface area contributed by atoms with Crippen LogP contribution in [0.3, 0.4) is 0 Å². The molecule has 0 radical (unpaired) electrons. The van der Waals surface area contributed by atoms with E-state index in [-0.39, 0.29) is 11.4 Å². The van der Waals surface area contributed by atoms with Crippen LogP contribution >= 0.6 is 11.6 Å². The topological polar surface area (TPSA) is 75.3 Å². The Morgan fingerprint density at radius 1 is 1.09 bits per heavy atom. The molecule has 2 aromatic carbocycles. The lowest BCUT2D eigenvalue weighted by Crippen LogP contribution is -2.32. The van der Waals surface area contributed by atoms with Gasteiger partial charge in [0.15, 0.2) is 0 Å². The average molecular weight is 353 g/mol. The molecular formula is C16H17ClN2O3S. The summed E-state index contributed by atoms with van der Waals surface area (Å²) >= 11 is 5.78. The van der Waals surface area contributed by atoms with E-state index in [1.165, 1.54) is 18.2 Å². The molecule has 5 nitrogen and oxygen atoms in total. The Balaban J connectivity index is 1.99. The van der Waals surface area contributed by atoms with Crippen molar-refractivity contribution in [2.75, 3.05) is 11.9 Å². The van der Waals surface area contributed by atoms with E-state index in [0.29, 0.717) is 10.7 Å². The largest absolute Gasteiger partial charge is 0.325 e. The molecule has 122 valence electrons. The van der Waals surface area contributed by atoms with Crippen molar-refractivity contribution in [3.05, 3.63) is 58.6 Å². The molecule has 0 spiro atoms. The molecule has 0 heterocycles. The molecule has 2 aromatic rings. The van der Waals surface area contributed by atoms with Gasteiger partial charge < -0.3 is 5.32 Å². The minimum Gasteiger partial charge on any atom is -0.325 e. The zero-order valence-corrected chi connectivity index (χ0v) is 14.3. The summed E-state index contributed by atoms with van der Waals surface area (Å²) in [5.41, 5.74) is 2.78. The van der Waals surface area contributed by atoms with E-state index in [1.807, 2.05) is 26.0 Å². The Labute approximate surface area is 140 Å². The molecule has 23 heavy (non-hydrogen) atoms. The number of hydrogen-bond donors (Lipinski definition) is 2. The van der Waals surface area contributed by atoms with Gasteiger partial charge in [-0.1, -0.05) is 23.7 Å². The fourth-order valence-electron chi connectivity index (χ4n) is 1.90. The molecule has 0 bridgehead atoms. The number of hydrogen-bond acceptors (Lipinski definition) is 3. The van der Waals surface area contributed by atoms with Gasteiger partial charge in [-0.15, -0.1) is 0 Å². The third-order valence-electron chi connectivity index (χ3n) is 3.32. The molecular weight excluding hydrogens is 336 g/mol. The fourth-order valence-corrected chi connectivity index (χ4v) is 3.19. The molecule has 2 rings (SSSR count). The molecule has 7 heteroatoms. The number of carbonyl (C=O) groups excluding carboxylic acids is 1. The van der Waals surface area contributed by atoms with E-state index in [9.17, 15) is 13.2 Å². The van der Waals surface area contributed by atoms with Crippen LogP contribution in [0.25, 0.3) is 0 Å². The predicted octanol–water partition coefficient (Wildman–Crippen LogP) is 2.87. The number of carbonyl (C=O) groups is 1. The number of aryl methyl sites for hydroxylation is 2. The zero-order chi connectivity index (χ0) is 17.0. The highest BCUT2D eigenvalue weighted by Crippen LogP contribution is 2.16. The summed E-state index contributed by atoms with van der Waals surface area (Å²) in [5.74, 6) is -0.446. The van der Waals surface area contributed by atoms with Crippen LogP contribution in [-0.2, 0) is 14.8 Å². The predicted molar refractivity (Wildman–Crippen MR) is 91.2 cm³/mol. The SMILES string of the molecule is Cc1ccc(NC(=O)CNS(=O)(=O)c2cccc(Cl)c2)cc1C. The molecule has 1 amide bonds. The van der Waals surface area contributed by atoms with Gasteiger partial charge in [0.05, 0.1) is 11.4 Å². The fraction of sp³-hybridized carbons (Fsp3) is 0.188. The van der Waals surface area contributed by atoms with Crippen LogP contribution in [0.15, 0.2) is 47.4 Å². The third kappa shape index (κ3) is 4.79. The van der Waals surface area contributed by atoms with Crippen LogP contribution in [0.2, 0.25) is 5.02 Å². The molecule has 0 saturated carbocycles. The first-order valence-corrected chi connectivity index (χ1v) is 8.76. The first kappa shape index (κ1) is 17.5. The Morgan fingerprint density at radius 2 is 1.83 bits per heavy atom. The summed E-state index contributed by atoms with van der Waals surface area (Å²) in [5, 5.41) is 2.97. The van der Waals surface area contributed by atoms with E-state index in [2.05, 4.69) is 10.0 Å². The quantitative estimate of drug-likeness (QED) is 0.868. The number of benzene rings is 2. The lowest BCUT2D eigenvalue weighted by Gasteiger charge is -2.09. The minimum absolute atomic E-state index is 0.0176. The smallest absolute Gasteiger partial charge is 0.241 e. The maximum absolute atomic E-state index is 12.1. The molecule has 0 fully saturated rings. The van der Waals surface area contributed by atoms with Crippen LogP contribution in [0.1, 0.15) is 11.1 Å². The molecule has 0 atom stereocenters. The van der Waals surface area contributed by atoms with Crippen LogP contribution in [0, 0.1) is 13.8 Å². The Hall–Kier alpha value is -1.89. The van der Waals surface area contributed by atoms with Gasteiger partial charge >= 0.3 is 0 Å². The number of nitrogens with one attached hydrogen (secondary N) is 2. The minimum atomic E-state index is -3.78. The normalized spacial score (nSPS) is 11.3. The van der Waals surface area contributed by atoms with Gasteiger partial charge in [-0.3, -0.25) is 4.79 Å². The van der Waals surface area contributed by atoms with E-state index < -0.39 is 15.9 Å². The highest BCUT2D eigenvalue weighted by Gasteiger charge is 2.15. The van der Waals surface area contributed by atoms with Gasteiger partial charge in [0, 0.05) is 10.7 Å². The third-order valence-corrected chi connectivity index (χ3v) is 4.95. The standard InChI is InChI=1S/C16H17ClN2O3S/c1-11-6-7-14(8-12(11)2)19-16(20)10-18-23(21,22)15-5-3-4-13(17)9-15/h3-9,18H,10H2,1-2H3,(H,19,20). The van der Waals surface area contributed by atoms with Crippen molar-refractivity contribution in [1.82, 2.24) is 4.72 Å². The number of anilines is 1. The van der Waals surface area contributed by atoms with Gasteiger partial charge in [0.25, 0.3) is 0 Å². The lowest BCUT2D eigenvalue weighted by atomic mass is 10.1. The molecule has 0 saturated heterocycles. The van der Waals surface area contributed by atoms with Crippen LogP contribution in [0.4, 0.5) is 5.69 Å². The average Bonchev–Trinajstić information content (AvgIpc) is 2.49. The molecule has 0 aliphatic rings. The Morgan fingerprint density at radius 3 is 2.48 bits per heavy atom. The summed E-state index contributed by atoms with van der Waals surface area (Å²) in [6, 6.07) is 11.3. The summed E-state index contributed by atoms with van der Waals surface area (Å²) in [6.45, 7) is 3.55. The second kappa shape index (κ2) is 7.12. The second-order valence-electron chi connectivity index (χ2n) is 5.13. The van der Waals surface area contributed by atoms with Crippen molar-refractivity contribution in [3.63, 3.8) is 0 Å². The Kier molecular flexibility index (Phi) is 5.41. The van der Waals surface area contributed by atoms with Crippen molar-refractivity contribution in [2.24, 2.45) is 0 Å². The van der Waals surface area contributed by atoms with Crippen LogP contribution in [0.5, 0.6) is 0 Å². The van der Waals surface area contributed by atoms with Crippen molar-refractivity contribution in [3.8, 4) is 0 Å². The van der Waals surface area contributed by atoms with Crippen molar-refractivity contribution in [1.29, 1.82) is 0 Å². The van der Waals surface area contributed by atoms with E-state index >= 15 is 0 Å². The van der Waals surface area contributed by atoms with Crippen molar-refractivity contribution >= 4 is 33.2 Å². The molecule has 0 aromatic heterocycles. The summed E-state index contributed by atoms with van der Waals surface area (Å²) < 4.78 is 26.4. The van der Waals surface area contributed by atoms with Gasteiger partial charge in [0.1, 0.15) is 0 Å². The van der Waals surface area contributed by atoms with Crippen LogP contribution < -0.4 is 10.0 Å². The second-order valence-corrected chi connectivity index (χ2v) is 7.33. The number of rotatable bonds is 5. The first-order valence-electron chi connectivity index (χ1n) is 6.90. The molecule has 0 aliphatic heterocycles. The van der Waals surface area contributed by atoms with Gasteiger partial charge in [0.2, 0.25) is 15.9 Å². The summed E-state index contributed by atoms with van der Waals surface area (Å²) in [4.78, 5) is 11.9. The molecule has 2 N–H and O–H groups in total. The number of amides is 1. The first-order chi connectivity index (χ1) is 10.8. The number of halogens is 1. The molecule has 0 unspecified atom stereocenters. The van der Waals surface area contributed by atoms with Crippen LogP contribution in [-0.4, -0.2) is 20.9 Å². The van der Waals surface area contributed by atoms with Crippen molar-refractivity contribution in [2.45, 2.75) is 18.7 Å². The van der Waals surface area contributed by atoms with E-state index in [0.717, 1.165) is 11.1 Å². The highest BCUT2D eigenvalue weighted by molar-refractivity contribution is 7.89. The summed E-state index contributed by atoms with van der Waals surface area (Å²) in [6.07, 6.45) is 0. The van der Waals surface area contributed by atoms with Crippen molar-refractivity contribution < 1.29 is 13.2 Å². The van der Waals surface area contributed by atoms with Gasteiger partial charge in [-0.25, -0.2) is 13.1 Å². The Bertz CT molecular complexity index is 835.